The summed E-state index contributed by atoms with van der Waals surface area (Å²) in [5.41, 5.74) is 2.54. The molecule has 1 saturated heterocycles. The molecule has 4 aromatic rings. The summed E-state index contributed by atoms with van der Waals surface area (Å²) < 4.78 is 0. The number of anilines is 1. The van der Waals surface area contributed by atoms with E-state index in [0.29, 0.717) is 5.69 Å². The van der Waals surface area contributed by atoms with E-state index in [-0.39, 0.29) is 18.2 Å². The number of nitrogens with zero attached hydrogens (tertiary/aromatic N) is 1. The highest BCUT2D eigenvalue weighted by Crippen LogP contribution is 2.38. The summed E-state index contributed by atoms with van der Waals surface area (Å²) in [5, 5.41) is 2.93. The van der Waals surface area contributed by atoms with Gasteiger partial charge in [0.05, 0.1) is 11.6 Å². The summed E-state index contributed by atoms with van der Waals surface area (Å²) in [6.07, 6.45) is 2.05. The van der Waals surface area contributed by atoms with Gasteiger partial charge in [0.1, 0.15) is 0 Å². The molecule has 0 unspecified atom stereocenters. The predicted molar refractivity (Wildman–Crippen MR) is 102 cm³/mol. The lowest BCUT2D eigenvalue weighted by Gasteiger charge is -2.17. The highest BCUT2D eigenvalue weighted by Gasteiger charge is 2.41. The Hall–Kier alpha value is -3.40. The first-order valence-corrected chi connectivity index (χ1v) is 8.64. The molecule has 5 rings (SSSR count). The largest absolute Gasteiger partial charge is 0.361 e. The van der Waals surface area contributed by atoms with Crippen LogP contribution in [0.15, 0.2) is 72.9 Å². The Labute approximate surface area is 150 Å². The van der Waals surface area contributed by atoms with Crippen LogP contribution in [0.25, 0.3) is 21.7 Å². The van der Waals surface area contributed by atoms with Gasteiger partial charge in [-0.05, 0) is 23.1 Å². The number of imide groups is 1. The van der Waals surface area contributed by atoms with E-state index in [4.69, 9.17) is 0 Å². The smallest absolute Gasteiger partial charge is 0.241 e. The third-order valence-electron chi connectivity index (χ3n) is 5.15. The van der Waals surface area contributed by atoms with Crippen LogP contribution in [0.2, 0.25) is 0 Å². The lowest BCUT2D eigenvalue weighted by molar-refractivity contribution is -0.121. The average molecular weight is 340 g/mol. The Morgan fingerprint density at radius 1 is 0.846 bits per heavy atom. The lowest BCUT2D eigenvalue weighted by atomic mass is 9.97. The maximum absolute atomic E-state index is 13.2. The fraction of sp³-hybridized carbons (Fsp3) is 0.0909. The Balaban J connectivity index is 1.62. The number of aromatic nitrogens is 1. The van der Waals surface area contributed by atoms with Crippen molar-refractivity contribution in [3.05, 3.63) is 78.5 Å². The fourth-order valence-corrected chi connectivity index (χ4v) is 3.91. The maximum Gasteiger partial charge on any atom is 0.241 e. The molecule has 1 aliphatic rings. The van der Waals surface area contributed by atoms with Crippen molar-refractivity contribution in [2.75, 3.05) is 4.90 Å². The zero-order valence-electron chi connectivity index (χ0n) is 14.0. The molecular formula is C22H16N2O2. The van der Waals surface area contributed by atoms with Crippen LogP contribution in [0.1, 0.15) is 17.9 Å². The van der Waals surface area contributed by atoms with Crippen molar-refractivity contribution in [1.29, 1.82) is 0 Å². The molecule has 1 atom stereocenters. The first-order chi connectivity index (χ1) is 12.7. The van der Waals surface area contributed by atoms with Crippen molar-refractivity contribution in [3.63, 3.8) is 0 Å². The van der Waals surface area contributed by atoms with E-state index in [2.05, 4.69) is 4.98 Å². The van der Waals surface area contributed by atoms with Gasteiger partial charge in [0, 0.05) is 28.9 Å². The van der Waals surface area contributed by atoms with Gasteiger partial charge in [-0.1, -0.05) is 54.6 Å². The van der Waals surface area contributed by atoms with E-state index in [1.165, 1.54) is 4.90 Å². The van der Waals surface area contributed by atoms with E-state index >= 15 is 0 Å². The number of para-hydroxylation sites is 1. The number of carbonyl (C=O) groups is 2. The van der Waals surface area contributed by atoms with E-state index in [1.807, 2.05) is 72.9 Å². The second kappa shape index (κ2) is 5.56. The Morgan fingerprint density at radius 2 is 1.58 bits per heavy atom. The van der Waals surface area contributed by atoms with Crippen LogP contribution in [0.5, 0.6) is 0 Å². The minimum atomic E-state index is -0.447. The molecule has 2 heterocycles. The number of hydrogen-bond acceptors (Lipinski definition) is 2. The molecule has 4 heteroatoms. The molecule has 1 aliphatic heterocycles. The van der Waals surface area contributed by atoms with Gasteiger partial charge in [0.2, 0.25) is 11.8 Å². The van der Waals surface area contributed by atoms with Crippen LogP contribution in [0, 0.1) is 0 Å². The number of carbonyl (C=O) groups excluding carboxylic acids is 2. The first-order valence-electron chi connectivity index (χ1n) is 8.64. The summed E-state index contributed by atoms with van der Waals surface area (Å²) in [7, 11) is 0. The lowest BCUT2D eigenvalue weighted by Crippen LogP contribution is -2.30. The zero-order chi connectivity index (χ0) is 17.7. The normalized spacial score (nSPS) is 17.5. The summed E-state index contributed by atoms with van der Waals surface area (Å²) in [6.45, 7) is 0. The van der Waals surface area contributed by atoms with Crippen LogP contribution in [0.4, 0.5) is 5.69 Å². The molecule has 0 saturated carbocycles. The van der Waals surface area contributed by atoms with Gasteiger partial charge in [-0.25, -0.2) is 4.90 Å². The van der Waals surface area contributed by atoms with Crippen LogP contribution in [0.3, 0.4) is 0 Å². The maximum atomic E-state index is 13.2. The van der Waals surface area contributed by atoms with Gasteiger partial charge in [0.25, 0.3) is 0 Å². The molecule has 4 nitrogen and oxygen atoms in total. The van der Waals surface area contributed by atoms with Crippen molar-refractivity contribution < 1.29 is 9.59 Å². The number of amides is 2. The molecule has 0 spiro atoms. The quantitative estimate of drug-likeness (QED) is 0.551. The minimum Gasteiger partial charge on any atom is -0.361 e. The number of benzene rings is 3. The molecular weight excluding hydrogens is 324 g/mol. The predicted octanol–water partition coefficient (Wildman–Crippen LogP) is 4.37. The number of nitrogens with one attached hydrogen (secondary N) is 1. The van der Waals surface area contributed by atoms with Gasteiger partial charge in [-0.2, -0.15) is 0 Å². The fourth-order valence-electron chi connectivity index (χ4n) is 3.91. The molecule has 1 fully saturated rings. The van der Waals surface area contributed by atoms with Crippen molar-refractivity contribution in [2.24, 2.45) is 0 Å². The van der Waals surface area contributed by atoms with Crippen LogP contribution < -0.4 is 4.90 Å². The van der Waals surface area contributed by atoms with Crippen LogP contribution in [-0.2, 0) is 9.59 Å². The highest BCUT2D eigenvalue weighted by atomic mass is 16.2. The first kappa shape index (κ1) is 14.9. The molecule has 0 aliphatic carbocycles. The van der Waals surface area contributed by atoms with E-state index in [1.54, 1.807) is 0 Å². The third-order valence-corrected chi connectivity index (χ3v) is 5.15. The number of hydrogen-bond donors (Lipinski definition) is 1. The Morgan fingerprint density at radius 3 is 2.46 bits per heavy atom. The number of fused-ring (bicyclic) bond motifs is 2. The summed E-state index contributed by atoms with van der Waals surface area (Å²) in [6, 6.07) is 21.4. The molecule has 3 aromatic carbocycles. The molecule has 2 amide bonds. The van der Waals surface area contributed by atoms with Gasteiger partial charge in [-0.3, -0.25) is 9.59 Å². The van der Waals surface area contributed by atoms with Crippen molar-refractivity contribution >= 4 is 39.2 Å². The van der Waals surface area contributed by atoms with Gasteiger partial charge >= 0.3 is 0 Å². The summed E-state index contributed by atoms with van der Waals surface area (Å²) in [4.78, 5) is 30.5. The second-order valence-corrected chi connectivity index (χ2v) is 6.61. The van der Waals surface area contributed by atoms with E-state index in [0.717, 1.165) is 27.2 Å². The average Bonchev–Trinajstić information content (AvgIpc) is 3.22. The topological polar surface area (TPSA) is 53.2 Å². The summed E-state index contributed by atoms with van der Waals surface area (Å²) in [5.74, 6) is -0.754. The van der Waals surface area contributed by atoms with Gasteiger partial charge in [0.15, 0.2) is 0 Å². The Kier molecular flexibility index (Phi) is 3.19. The molecule has 126 valence electrons. The second-order valence-electron chi connectivity index (χ2n) is 6.61. The zero-order valence-corrected chi connectivity index (χ0v) is 14.0. The van der Waals surface area contributed by atoms with Crippen LogP contribution in [-0.4, -0.2) is 16.8 Å². The summed E-state index contributed by atoms with van der Waals surface area (Å²) >= 11 is 0. The number of rotatable bonds is 2. The standard InChI is InChI=1S/C22H16N2O2/c25-21-12-17(18-13-23-19-10-4-3-9-16(18)19)22(26)24(21)20-11-5-7-14-6-1-2-8-15(14)20/h1-11,13,17,23H,12H2/t17-/m1/s1. The van der Waals surface area contributed by atoms with Crippen LogP contribution >= 0.6 is 0 Å². The van der Waals surface area contributed by atoms with Crippen molar-refractivity contribution in [3.8, 4) is 0 Å². The third kappa shape index (κ3) is 2.09. The number of H-pyrrole nitrogens is 1. The number of aromatic amines is 1. The molecule has 1 aromatic heterocycles. The van der Waals surface area contributed by atoms with Gasteiger partial charge in [-0.15, -0.1) is 0 Å². The van der Waals surface area contributed by atoms with E-state index in [9.17, 15) is 9.59 Å². The van der Waals surface area contributed by atoms with Gasteiger partial charge < -0.3 is 4.98 Å². The molecule has 0 radical (unpaired) electrons. The van der Waals surface area contributed by atoms with E-state index < -0.39 is 5.92 Å². The van der Waals surface area contributed by atoms with Crippen molar-refractivity contribution in [1.82, 2.24) is 4.98 Å². The highest BCUT2D eigenvalue weighted by molar-refractivity contribution is 6.26. The monoisotopic (exact) mass is 340 g/mol. The van der Waals surface area contributed by atoms with Crippen molar-refractivity contribution in [2.45, 2.75) is 12.3 Å². The molecule has 0 bridgehead atoms. The minimum absolute atomic E-state index is 0.151. The SMILES string of the molecule is O=C1C[C@H](c2c[nH]c3ccccc23)C(=O)N1c1cccc2ccccc12. The molecule has 1 N–H and O–H groups in total. The Bertz CT molecular complexity index is 1170. The molecule has 26 heavy (non-hydrogen) atoms.